The molecule has 1 unspecified atom stereocenters. The highest BCUT2D eigenvalue weighted by molar-refractivity contribution is 9.10. The van der Waals surface area contributed by atoms with Gasteiger partial charge in [0.2, 0.25) is 0 Å². The zero-order chi connectivity index (χ0) is 13.7. The summed E-state index contributed by atoms with van der Waals surface area (Å²) in [5.41, 5.74) is 0.813. The van der Waals surface area contributed by atoms with Gasteiger partial charge in [0.1, 0.15) is 0 Å². The molecular weight excluding hydrogens is 302 g/mol. The molecule has 1 saturated heterocycles. The van der Waals surface area contributed by atoms with E-state index in [1.54, 1.807) is 0 Å². The van der Waals surface area contributed by atoms with E-state index in [-0.39, 0.29) is 5.78 Å². The zero-order valence-corrected chi connectivity index (χ0v) is 13.2. The Labute approximate surface area is 124 Å². The zero-order valence-electron chi connectivity index (χ0n) is 11.6. The number of carbonyl (C=O) groups is 1. The first-order valence-electron chi connectivity index (χ1n) is 7.24. The van der Waals surface area contributed by atoms with Gasteiger partial charge in [-0.05, 0) is 31.9 Å². The van der Waals surface area contributed by atoms with Gasteiger partial charge >= 0.3 is 0 Å². The summed E-state index contributed by atoms with van der Waals surface area (Å²) in [6.07, 6.45) is 5.73. The van der Waals surface area contributed by atoms with E-state index >= 15 is 0 Å². The standard InChI is InChI=1S/C16H22BrNO/c1-2-13-7-5-6-11-18(13)12-10-16(19)14-8-3-4-9-15(14)17/h3-4,8-9,13H,2,5-7,10-12H2,1H3. The Bertz CT molecular complexity index is 433. The van der Waals surface area contributed by atoms with Crippen molar-refractivity contribution in [3.8, 4) is 0 Å². The van der Waals surface area contributed by atoms with E-state index in [9.17, 15) is 4.79 Å². The molecule has 0 bridgehead atoms. The highest BCUT2D eigenvalue weighted by Crippen LogP contribution is 2.21. The summed E-state index contributed by atoms with van der Waals surface area (Å²) in [6.45, 7) is 4.30. The van der Waals surface area contributed by atoms with Crippen molar-refractivity contribution in [3.63, 3.8) is 0 Å². The minimum absolute atomic E-state index is 0.243. The van der Waals surface area contributed by atoms with Crippen LogP contribution in [0.4, 0.5) is 0 Å². The lowest BCUT2D eigenvalue weighted by molar-refractivity contribution is 0.0922. The van der Waals surface area contributed by atoms with Gasteiger partial charge in [0.05, 0.1) is 0 Å². The molecule has 3 heteroatoms. The fourth-order valence-electron chi connectivity index (χ4n) is 2.88. The van der Waals surface area contributed by atoms with Crippen LogP contribution in [-0.4, -0.2) is 29.8 Å². The van der Waals surface area contributed by atoms with Crippen LogP contribution >= 0.6 is 15.9 Å². The van der Waals surface area contributed by atoms with Gasteiger partial charge in [-0.1, -0.05) is 47.5 Å². The lowest BCUT2D eigenvalue weighted by Crippen LogP contribution is -2.40. The highest BCUT2D eigenvalue weighted by Gasteiger charge is 2.21. The highest BCUT2D eigenvalue weighted by atomic mass is 79.9. The summed E-state index contributed by atoms with van der Waals surface area (Å²) in [5.74, 6) is 0.243. The molecule has 0 amide bonds. The topological polar surface area (TPSA) is 20.3 Å². The first kappa shape index (κ1) is 14.7. The molecule has 1 fully saturated rings. The molecule has 19 heavy (non-hydrogen) atoms. The molecule has 1 aromatic rings. The predicted octanol–water partition coefficient (Wildman–Crippen LogP) is 4.29. The molecule has 0 aliphatic carbocycles. The van der Waals surface area contributed by atoms with E-state index in [2.05, 4.69) is 27.8 Å². The molecule has 104 valence electrons. The molecule has 0 saturated carbocycles. The summed E-state index contributed by atoms with van der Waals surface area (Å²) < 4.78 is 0.908. The molecule has 1 aliphatic rings. The summed E-state index contributed by atoms with van der Waals surface area (Å²) in [5, 5.41) is 0. The Morgan fingerprint density at radius 2 is 2.16 bits per heavy atom. The van der Waals surface area contributed by atoms with Crippen LogP contribution in [0.15, 0.2) is 28.7 Å². The van der Waals surface area contributed by atoms with E-state index in [0.717, 1.165) is 23.1 Å². The van der Waals surface area contributed by atoms with Gasteiger partial charge in [0.25, 0.3) is 0 Å². The number of likely N-dealkylation sites (tertiary alicyclic amines) is 1. The lowest BCUT2D eigenvalue weighted by atomic mass is 9.99. The van der Waals surface area contributed by atoms with Crippen LogP contribution in [0.2, 0.25) is 0 Å². The van der Waals surface area contributed by atoms with E-state index < -0.39 is 0 Å². The second-order valence-electron chi connectivity index (χ2n) is 5.25. The number of ketones is 1. The van der Waals surface area contributed by atoms with E-state index in [0.29, 0.717) is 12.5 Å². The third-order valence-corrected chi connectivity index (χ3v) is 4.71. The van der Waals surface area contributed by atoms with Crippen molar-refractivity contribution < 1.29 is 4.79 Å². The van der Waals surface area contributed by atoms with E-state index in [1.165, 1.54) is 25.7 Å². The van der Waals surface area contributed by atoms with Gasteiger partial charge in [-0.15, -0.1) is 0 Å². The van der Waals surface area contributed by atoms with Crippen LogP contribution in [0.5, 0.6) is 0 Å². The molecule has 2 rings (SSSR count). The number of piperidine rings is 1. The summed E-state index contributed by atoms with van der Waals surface area (Å²) in [7, 11) is 0. The maximum atomic E-state index is 12.2. The van der Waals surface area contributed by atoms with Crippen molar-refractivity contribution >= 4 is 21.7 Å². The predicted molar refractivity (Wildman–Crippen MR) is 82.6 cm³/mol. The third-order valence-electron chi connectivity index (χ3n) is 4.02. The molecule has 0 N–H and O–H groups in total. The normalized spacial score (nSPS) is 20.4. The molecule has 1 heterocycles. The average molecular weight is 324 g/mol. The van der Waals surface area contributed by atoms with Crippen LogP contribution in [0.3, 0.4) is 0 Å². The Morgan fingerprint density at radius 3 is 2.89 bits per heavy atom. The van der Waals surface area contributed by atoms with Crippen LogP contribution in [0, 0.1) is 0 Å². The average Bonchev–Trinajstić information content (AvgIpc) is 2.45. The summed E-state index contributed by atoms with van der Waals surface area (Å²) >= 11 is 3.45. The minimum Gasteiger partial charge on any atom is -0.300 e. The van der Waals surface area contributed by atoms with Crippen molar-refractivity contribution in [2.45, 2.75) is 45.1 Å². The first-order chi connectivity index (χ1) is 9.22. The third kappa shape index (κ3) is 3.90. The van der Waals surface area contributed by atoms with E-state index in [1.807, 2.05) is 24.3 Å². The molecule has 0 radical (unpaired) electrons. The number of rotatable bonds is 5. The van der Waals surface area contributed by atoms with Crippen molar-refractivity contribution in [2.24, 2.45) is 0 Å². The maximum absolute atomic E-state index is 12.2. The molecule has 0 spiro atoms. The quantitative estimate of drug-likeness (QED) is 0.753. The number of hydrogen-bond acceptors (Lipinski definition) is 2. The van der Waals surface area contributed by atoms with Gasteiger partial charge in [-0.2, -0.15) is 0 Å². The molecule has 1 aromatic carbocycles. The van der Waals surface area contributed by atoms with Crippen LogP contribution in [0.25, 0.3) is 0 Å². The monoisotopic (exact) mass is 323 g/mol. The van der Waals surface area contributed by atoms with Crippen molar-refractivity contribution in [3.05, 3.63) is 34.3 Å². The smallest absolute Gasteiger partial charge is 0.165 e. The summed E-state index contributed by atoms with van der Waals surface area (Å²) in [6, 6.07) is 8.38. The lowest BCUT2D eigenvalue weighted by Gasteiger charge is -2.35. The van der Waals surface area contributed by atoms with Gasteiger partial charge < -0.3 is 0 Å². The molecule has 0 aromatic heterocycles. The van der Waals surface area contributed by atoms with Crippen molar-refractivity contribution in [1.82, 2.24) is 4.90 Å². The number of Topliss-reactive ketones (excluding diaryl/α,β-unsaturated/α-hetero) is 1. The van der Waals surface area contributed by atoms with Crippen molar-refractivity contribution in [2.75, 3.05) is 13.1 Å². The fourth-order valence-corrected chi connectivity index (χ4v) is 3.39. The van der Waals surface area contributed by atoms with Gasteiger partial charge in [0.15, 0.2) is 5.78 Å². The SMILES string of the molecule is CCC1CCCCN1CCC(=O)c1ccccc1Br. The van der Waals surface area contributed by atoms with Crippen LogP contribution in [-0.2, 0) is 0 Å². The Balaban J connectivity index is 1.91. The second kappa shape index (κ2) is 7.20. The minimum atomic E-state index is 0.243. The number of carbonyl (C=O) groups excluding carboxylic acids is 1. The van der Waals surface area contributed by atoms with Gasteiger partial charge in [-0.25, -0.2) is 0 Å². The largest absolute Gasteiger partial charge is 0.300 e. The first-order valence-corrected chi connectivity index (χ1v) is 8.03. The molecule has 1 aliphatic heterocycles. The van der Waals surface area contributed by atoms with E-state index in [4.69, 9.17) is 0 Å². The van der Waals surface area contributed by atoms with Gasteiger partial charge in [-0.3, -0.25) is 9.69 Å². The molecule has 2 nitrogen and oxygen atoms in total. The second-order valence-corrected chi connectivity index (χ2v) is 6.10. The summed E-state index contributed by atoms with van der Waals surface area (Å²) in [4.78, 5) is 14.7. The Hall–Kier alpha value is -0.670. The van der Waals surface area contributed by atoms with Crippen LogP contribution in [0.1, 0.15) is 49.4 Å². The number of benzene rings is 1. The maximum Gasteiger partial charge on any atom is 0.165 e. The van der Waals surface area contributed by atoms with Crippen LogP contribution < -0.4 is 0 Å². The number of nitrogens with zero attached hydrogens (tertiary/aromatic N) is 1. The molecular formula is C16H22BrNO. The van der Waals surface area contributed by atoms with Crippen molar-refractivity contribution in [1.29, 1.82) is 0 Å². The number of hydrogen-bond donors (Lipinski definition) is 0. The Morgan fingerprint density at radius 1 is 1.37 bits per heavy atom. The Kier molecular flexibility index (Phi) is 5.59. The molecule has 1 atom stereocenters. The fraction of sp³-hybridized carbons (Fsp3) is 0.562. The number of halogens is 1. The van der Waals surface area contributed by atoms with Gasteiger partial charge in [0, 0.05) is 29.0 Å².